The van der Waals surface area contributed by atoms with Gasteiger partial charge in [-0.2, -0.15) is 0 Å². The van der Waals surface area contributed by atoms with Gasteiger partial charge in [-0.05, 0) is 71.9 Å². The number of hydrogen-bond donors (Lipinski definition) is 0. The third-order valence-corrected chi connectivity index (χ3v) is 5.60. The quantitative estimate of drug-likeness (QED) is 0.468. The van der Waals surface area contributed by atoms with E-state index in [-0.39, 0.29) is 5.92 Å². The molecule has 0 bridgehead atoms. The van der Waals surface area contributed by atoms with Gasteiger partial charge < -0.3 is 0 Å². The predicted octanol–water partition coefficient (Wildman–Crippen LogP) is 5.31. The van der Waals surface area contributed by atoms with Crippen LogP contribution in [0.15, 0.2) is 22.7 Å². The van der Waals surface area contributed by atoms with Crippen LogP contribution >= 0.6 is 38.5 Å². The normalized spacial score (nSPS) is 28.1. The first-order chi connectivity index (χ1) is 8.49. The second-order valence-electron chi connectivity index (χ2n) is 5.45. The first-order valence-electron chi connectivity index (χ1n) is 6.48. The molecule has 3 unspecified atom stereocenters. The minimum Gasteiger partial charge on any atom is -0.294 e. The lowest BCUT2D eigenvalue weighted by Gasteiger charge is -2.31. The Labute approximate surface area is 131 Å². The molecule has 1 aliphatic carbocycles. The molecule has 0 aromatic heterocycles. The second-order valence-corrected chi connectivity index (χ2v) is 7.53. The molecule has 0 heterocycles. The van der Waals surface area contributed by atoms with Gasteiger partial charge in [0.25, 0.3) is 0 Å². The van der Waals surface area contributed by atoms with Crippen molar-refractivity contribution in [2.75, 3.05) is 0 Å². The first-order valence-corrected chi connectivity index (χ1v) is 8.35. The highest BCUT2D eigenvalue weighted by Gasteiger charge is 2.30. The highest BCUT2D eigenvalue weighted by Crippen LogP contribution is 2.35. The molecule has 1 aromatic rings. The van der Waals surface area contributed by atoms with E-state index in [0.29, 0.717) is 11.7 Å². The van der Waals surface area contributed by atoms with Crippen molar-refractivity contribution in [2.24, 2.45) is 17.8 Å². The third kappa shape index (κ3) is 3.16. The van der Waals surface area contributed by atoms with E-state index in [2.05, 4.69) is 52.4 Å². The van der Waals surface area contributed by atoms with Crippen molar-refractivity contribution in [1.82, 2.24) is 0 Å². The summed E-state index contributed by atoms with van der Waals surface area (Å²) in [5.74, 6) is 1.98. The van der Waals surface area contributed by atoms with Gasteiger partial charge in [0.1, 0.15) is 0 Å². The summed E-state index contributed by atoms with van der Waals surface area (Å²) in [4.78, 5) is 12.6. The van der Waals surface area contributed by atoms with Crippen molar-refractivity contribution in [1.29, 1.82) is 0 Å². The molecule has 98 valence electrons. The lowest BCUT2D eigenvalue weighted by Crippen LogP contribution is -2.26. The number of benzene rings is 1. The Morgan fingerprint density at radius 1 is 1.28 bits per heavy atom. The van der Waals surface area contributed by atoms with E-state index < -0.39 is 0 Å². The summed E-state index contributed by atoms with van der Waals surface area (Å²) in [5, 5.41) is 0. The van der Waals surface area contributed by atoms with E-state index in [1.54, 1.807) is 0 Å². The Bertz CT molecular complexity index is 458. The molecule has 0 amide bonds. The molecule has 0 saturated heterocycles. The number of Topliss-reactive ketones (excluding diaryl/α,β-unsaturated/α-hetero) is 1. The molecule has 1 nitrogen and oxygen atoms in total. The van der Waals surface area contributed by atoms with E-state index in [9.17, 15) is 4.79 Å². The van der Waals surface area contributed by atoms with Crippen LogP contribution in [0.1, 0.15) is 43.5 Å². The number of carbonyl (C=O) groups is 1. The summed E-state index contributed by atoms with van der Waals surface area (Å²) in [5.41, 5.74) is 0.886. The summed E-state index contributed by atoms with van der Waals surface area (Å²) < 4.78 is 2.05. The monoisotopic (exact) mass is 420 g/mol. The van der Waals surface area contributed by atoms with Gasteiger partial charge in [-0.3, -0.25) is 4.79 Å². The number of rotatable bonds is 2. The van der Waals surface area contributed by atoms with Crippen LogP contribution in [0, 0.1) is 21.3 Å². The van der Waals surface area contributed by atoms with Crippen LogP contribution in [0.2, 0.25) is 0 Å². The number of ketones is 1. The molecule has 2 rings (SSSR count). The van der Waals surface area contributed by atoms with Gasteiger partial charge in [0.05, 0.1) is 0 Å². The molecule has 1 aromatic carbocycles. The fourth-order valence-corrected chi connectivity index (χ4v) is 3.65. The Morgan fingerprint density at radius 2 is 2.00 bits per heavy atom. The minimum atomic E-state index is 0.221. The van der Waals surface area contributed by atoms with Crippen LogP contribution in [-0.4, -0.2) is 5.78 Å². The van der Waals surface area contributed by atoms with Crippen LogP contribution in [-0.2, 0) is 0 Å². The Balaban J connectivity index is 2.19. The van der Waals surface area contributed by atoms with Gasteiger partial charge in [-0.15, -0.1) is 0 Å². The molecule has 0 spiro atoms. The van der Waals surface area contributed by atoms with Crippen molar-refractivity contribution in [2.45, 2.75) is 33.1 Å². The fraction of sp³-hybridized carbons (Fsp3) is 0.533. The average Bonchev–Trinajstić information content (AvgIpc) is 2.35. The highest BCUT2D eigenvalue weighted by molar-refractivity contribution is 14.1. The van der Waals surface area contributed by atoms with Gasteiger partial charge in [0.15, 0.2) is 5.78 Å². The maximum absolute atomic E-state index is 12.6. The zero-order valence-electron chi connectivity index (χ0n) is 10.7. The summed E-state index contributed by atoms with van der Waals surface area (Å²) >= 11 is 5.71. The molecule has 0 radical (unpaired) electrons. The maximum Gasteiger partial charge on any atom is 0.167 e. The summed E-state index contributed by atoms with van der Waals surface area (Å²) in [6, 6.07) is 5.96. The van der Waals surface area contributed by atoms with Gasteiger partial charge in [0, 0.05) is 19.5 Å². The molecule has 3 atom stereocenters. The molecule has 0 N–H and O–H groups in total. The van der Waals surface area contributed by atoms with Crippen molar-refractivity contribution in [3.05, 3.63) is 31.8 Å². The lowest BCUT2D eigenvalue weighted by molar-refractivity contribution is 0.0836. The van der Waals surface area contributed by atoms with E-state index in [4.69, 9.17) is 0 Å². The van der Waals surface area contributed by atoms with Crippen molar-refractivity contribution >= 4 is 44.3 Å². The van der Waals surface area contributed by atoms with E-state index >= 15 is 0 Å². The molecule has 1 saturated carbocycles. The van der Waals surface area contributed by atoms with Crippen LogP contribution in [0.5, 0.6) is 0 Å². The molecule has 3 heteroatoms. The summed E-state index contributed by atoms with van der Waals surface area (Å²) in [6.45, 7) is 4.57. The van der Waals surface area contributed by atoms with Gasteiger partial charge in [-0.1, -0.05) is 29.8 Å². The van der Waals surface area contributed by atoms with E-state index in [1.165, 1.54) is 6.42 Å². The average molecular weight is 421 g/mol. The highest BCUT2D eigenvalue weighted by atomic mass is 127. The summed E-state index contributed by atoms with van der Waals surface area (Å²) in [7, 11) is 0. The number of carbonyl (C=O) groups excluding carboxylic acids is 1. The largest absolute Gasteiger partial charge is 0.294 e. The Kier molecular flexibility index (Phi) is 4.86. The van der Waals surface area contributed by atoms with Crippen molar-refractivity contribution < 1.29 is 4.79 Å². The number of hydrogen-bond acceptors (Lipinski definition) is 1. The zero-order valence-corrected chi connectivity index (χ0v) is 14.5. The van der Waals surface area contributed by atoms with Gasteiger partial charge >= 0.3 is 0 Å². The van der Waals surface area contributed by atoms with Gasteiger partial charge in [-0.25, -0.2) is 0 Å². The number of halogens is 2. The zero-order chi connectivity index (χ0) is 13.3. The van der Waals surface area contributed by atoms with Crippen LogP contribution in [0.25, 0.3) is 0 Å². The summed E-state index contributed by atoms with van der Waals surface area (Å²) in [6.07, 6.45) is 3.28. The molecule has 1 aliphatic rings. The van der Waals surface area contributed by atoms with Crippen LogP contribution < -0.4 is 0 Å². The van der Waals surface area contributed by atoms with Crippen LogP contribution in [0.4, 0.5) is 0 Å². The second kappa shape index (κ2) is 6.04. The topological polar surface area (TPSA) is 17.1 Å². The Morgan fingerprint density at radius 3 is 2.67 bits per heavy atom. The standard InChI is InChI=1S/C15H18BrIO/c1-9-3-4-11(7-10(9)2)15(18)13-8-12(16)5-6-14(13)17/h5-6,8-11H,3-4,7H2,1-2H3. The lowest BCUT2D eigenvalue weighted by atomic mass is 9.73. The van der Waals surface area contributed by atoms with E-state index in [0.717, 1.165) is 32.4 Å². The predicted molar refractivity (Wildman–Crippen MR) is 86.9 cm³/mol. The van der Waals surface area contributed by atoms with E-state index in [1.807, 2.05) is 18.2 Å². The minimum absolute atomic E-state index is 0.221. The Hall–Kier alpha value is 0.1000. The van der Waals surface area contributed by atoms with Crippen molar-refractivity contribution in [3.63, 3.8) is 0 Å². The fourth-order valence-electron chi connectivity index (χ4n) is 2.69. The smallest absolute Gasteiger partial charge is 0.167 e. The SMILES string of the molecule is CC1CCC(C(=O)c2cc(Br)ccc2I)CC1C. The third-order valence-electron chi connectivity index (χ3n) is 4.16. The van der Waals surface area contributed by atoms with Crippen LogP contribution in [0.3, 0.4) is 0 Å². The molecular weight excluding hydrogens is 403 g/mol. The van der Waals surface area contributed by atoms with Crippen molar-refractivity contribution in [3.8, 4) is 0 Å². The first kappa shape index (κ1) is 14.5. The maximum atomic E-state index is 12.6. The molecular formula is C15H18BrIO. The molecule has 0 aliphatic heterocycles. The molecule has 18 heavy (non-hydrogen) atoms. The molecule has 1 fully saturated rings. The van der Waals surface area contributed by atoms with Gasteiger partial charge in [0.2, 0.25) is 0 Å².